The van der Waals surface area contributed by atoms with Crippen molar-refractivity contribution >= 4 is 28.9 Å². The highest BCUT2D eigenvalue weighted by Crippen LogP contribution is 2.27. The standard InChI is InChI=1S/C13H11ClFN3O/c1-18(12-6-8(14)2-3-11(12)16)13(19)9-4-5-17-7-10(9)15/h2-7H,16H2,1H3. The van der Waals surface area contributed by atoms with E-state index in [0.717, 1.165) is 6.20 Å². The average molecular weight is 280 g/mol. The predicted octanol–water partition coefficient (Wildman–Crippen LogP) is 2.73. The first-order valence-electron chi connectivity index (χ1n) is 5.43. The maximum Gasteiger partial charge on any atom is 0.261 e. The molecule has 0 aliphatic heterocycles. The van der Waals surface area contributed by atoms with Gasteiger partial charge in [0.1, 0.15) is 0 Å². The lowest BCUT2D eigenvalue weighted by Crippen LogP contribution is -2.28. The van der Waals surface area contributed by atoms with Gasteiger partial charge in [-0.15, -0.1) is 0 Å². The summed E-state index contributed by atoms with van der Waals surface area (Å²) in [5.74, 6) is -1.20. The van der Waals surface area contributed by atoms with E-state index in [4.69, 9.17) is 17.3 Å². The van der Waals surface area contributed by atoms with Crippen molar-refractivity contribution in [3.05, 3.63) is 53.1 Å². The third kappa shape index (κ3) is 2.66. The van der Waals surface area contributed by atoms with E-state index >= 15 is 0 Å². The summed E-state index contributed by atoms with van der Waals surface area (Å²) < 4.78 is 13.5. The highest BCUT2D eigenvalue weighted by atomic mass is 35.5. The number of aromatic nitrogens is 1. The molecule has 0 fully saturated rings. The normalized spacial score (nSPS) is 10.3. The van der Waals surface area contributed by atoms with Gasteiger partial charge in [-0.25, -0.2) is 4.39 Å². The van der Waals surface area contributed by atoms with E-state index in [2.05, 4.69) is 4.98 Å². The van der Waals surface area contributed by atoms with Crippen LogP contribution in [0.25, 0.3) is 0 Å². The number of hydrogen-bond donors (Lipinski definition) is 1. The molecular formula is C13H11ClFN3O. The molecule has 0 unspecified atom stereocenters. The second-order valence-corrected chi connectivity index (χ2v) is 4.36. The van der Waals surface area contributed by atoms with Crippen molar-refractivity contribution in [3.63, 3.8) is 0 Å². The molecular weight excluding hydrogens is 269 g/mol. The van der Waals surface area contributed by atoms with Crippen LogP contribution < -0.4 is 10.6 Å². The molecule has 0 spiro atoms. The van der Waals surface area contributed by atoms with Gasteiger partial charge in [0.2, 0.25) is 0 Å². The molecule has 4 nitrogen and oxygen atoms in total. The molecule has 0 bridgehead atoms. The fraction of sp³-hybridized carbons (Fsp3) is 0.0769. The lowest BCUT2D eigenvalue weighted by molar-refractivity contribution is 0.0989. The molecule has 0 saturated carbocycles. The summed E-state index contributed by atoms with van der Waals surface area (Å²) >= 11 is 5.87. The molecule has 0 aliphatic rings. The van der Waals surface area contributed by atoms with Gasteiger partial charge in [-0.3, -0.25) is 9.78 Å². The number of carbonyl (C=O) groups is 1. The van der Waals surface area contributed by atoms with Crippen LogP contribution in [0.1, 0.15) is 10.4 Å². The molecule has 2 aromatic rings. The zero-order chi connectivity index (χ0) is 14.0. The molecule has 19 heavy (non-hydrogen) atoms. The Balaban J connectivity index is 2.39. The molecule has 0 atom stereocenters. The molecule has 1 heterocycles. The van der Waals surface area contributed by atoms with Gasteiger partial charge in [-0.1, -0.05) is 11.6 Å². The molecule has 0 radical (unpaired) electrons. The Morgan fingerprint density at radius 3 is 2.84 bits per heavy atom. The van der Waals surface area contributed by atoms with E-state index in [1.165, 1.54) is 24.2 Å². The molecule has 0 saturated heterocycles. The van der Waals surface area contributed by atoms with Gasteiger partial charge in [0.05, 0.1) is 23.1 Å². The summed E-state index contributed by atoms with van der Waals surface area (Å²) in [6, 6.07) is 6.07. The summed E-state index contributed by atoms with van der Waals surface area (Å²) in [6.45, 7) is 0. The van der Waals surface area contributed by atoms with E-state index in [-0.39, 0.29) is 5.56 Å². The van der Waals surface area contributed by atoms with Gasteiger partial charge in [-0.05, 0) is 24.3 Å². The molecule has 1 amide bonds. The van der Waals surface area contributed by atoms with Crippen molar-refractivity contribution in [2.45, 2.75) is 0 Å². The number of nitrogens with two attached hydrogens (primary N) is 1. The number of hydrogen-bond acceptors (Lipinski definition) is 3. The zero-order valence-electron chi connectivity index (χ0n) is 10.1. The van der Waals surface area contributed by atoms with Crippen LogP contribution in [0.4, 0.5) is 15.8 Å². The number of halogens is 2. The second kappa shape index (κ2) is 5.24. The van der Waals surface area contributed by atoms with Crippen LogP contribution >= 0.6 is 11.6 Å². The maximum absolute atomic E-state index is 13.5. The van der Waals surface area contributed by atoms with Gasteiger partial charge >= 0.3 is 0 Å². The van der Waals surface area contributed by atoms with E-state index in [1.807, 2.05) is 0 Å². The van der Waals surface area contributed by atoms with Crippen LogP contribution in [0.2, 0.25) is 5.02 Å². The largest absolute Gasteiger partial charge is 0.397 e. The number of nitrogens with zero attached hydrogens (tertiary/aromatic N) is 2. The van der Waals surface area contributed by atoms with Crippen molar-refractivity contribution in [1.29, 1.82) is 0 Å². The molecule has 0 aliphatic carbocycles. The Hall–Kier alpha value is -2.14. The number of carbonyl (C=O) groups excluding carboxylic acids is 1. The lowest BCUT2D eigenvalue weighted by Gasteiger charge is -2.19. The van der Waals surface area contributed by atoms with Gasteiger partial charge in [0.15, 0.2) is 5.82 Å². The number of anilines is 2. The first kappa shape index (κ1) is 13.3. The van der Waals surface area contributed by atoms with Gasteiger partial charge in [-0.2, -0.15) is 0 Å². The minimum atomic E-state index is -0.681. The Morgan fingerprint density at radius 1 is 1.42 bits per heavy atom. The molecule has 2 N–H and O–H groups in total. The Bertz CT molecular complexity index is 633. The van der Waals surface area contributed by atoms with Crippen molar-refractivity contribution in [2.75, 3.05) is 17.7 Å². The monoisotopic (exact) mass is 279 g/mol. The van der Waals surface area contributed by atoms with Crippen molar-refractivity contribution in [1.82, 2.24) is 4.98 Å². The van der Waals surface area contributed by atoms with Crippen LogP contribution in [-0.4, -0.2) is 17.9 Å². The maximum atomic E-state index is 13.5. The molecule has 6 heteroatoms. The molecule has 2 rings (SSSR count). The van der Waals surface area contributed by atoms with Crippen molar-refractivity contribution in [2.24, 2.45) is 0 Å². The summed E-state index contributed by atoms with van der Waals surface area (Å²) in [5, 5.41) is 0.444. The number of pyridine rings is 1. The van der Waals surface area contributed by atoms with Crippen molar-refractivity contribution in [3.8, 4) is 0 Å². The molecule has 98 valence electrons. The van der Waals surface area contributed by atoms with Crippen LogP contribution in [0.3, 0.4) is 0 Å². The van der Waals surface area contributed by atoms with E-state index < -0.39 is 11.7 Å². The first-order valence-corrected chi connectivity index (χ1v) is 5.81. The SMILES string of the molecule is CN(C(=O)c1ccncc1F)c1cc(Cl)ccc1N. The number of nitrogen functional groups attached to an aromatic ring is 1. The summed E-state index contributed by atoms with van der Waals surface area (Å²) in [7, 11) is 1.50. The predicted molar refractivity (Wildman–Crippen MR) is 72.8 cm³/mol. The minimum absolute atomic E-state index is 0.0723. The second-order valence-electron chi connectivity index (χ2n) is 3.92. The third-order valence-corrected chi connectivity index (χ3v) is 2.90. The smallest absolute Gasteiger partial charge is 0.261 e. The lowest BCUT2D eigenvalue weighted by atomic mass is 10.2. The van der Waals surface area contributed by atoms with Gasteiger partial charge < -0.3 is 10.6 Å². The Morgan fingerprint density at radius 2 is 2.16 bits per heavy atom. The van der Waals surface area contributed by atoms with Crippen molar-refractivity contribution < 1.29 is 9.18 Å². The van der Waals surface area contributed by atoms with E-state index in [9.17, 15) is 9.18 Å². The number of rotatable bonds is 2. The van der Waals surface area contributed by atoms with E-state index in [1.54, 1.807) is 18.2 Å². The quantitative estimate of drug-likeness (QED) is 0.860. The Kier molecular flexibility index (Phi) is 3.66. The molecule has 1 aromatic heterocycles. The number of benzene rings is 1. The zero-order valence-corrected chi connectivity index (χ0v) is 10.9. The summed E-state index contributed by atoms with van der Waals surface area (Å²) in [6.07, 6.45) is 2.34. The van der Waals surface area contributed by atoms with Crippen LogP contribution in [0, 0.1) is 5.82 Å². The Labute approximate surface area is 114 Å². The third-order valence-electron chi connectivity index (χ3n) is 2.66. The van der Waals surface area contributed by atoms with Crippen LogP contribution in [0.15, 0.2) is 36.7 Å². The van der Waals surface area contributed by atoms with E-state index in [0.29, 0.717) is 16.4 Å². The topological polar surface area (TPSA) is 59.2 Å². The van der Waals surface area contributed by atoms with Gasteiger partial charge in [0, 0.05) is 18.3 Å². The summed E-state index contributed by atoms with van der Waals surface area (Å²) in [4.78, 5) is 17.0. The average Bonchev–Trinajstić information content (AvgIpc) is 2.40. The number of amides is 1. The highest BCUT2D eigenvalue weighted by Gasteiger charge is 2.19. The first-order chi connectivity index (χ1) is 9.00. The fourth-order valence-electron chi connectivity index (χ4n) is 1.65. The molecule has 1 aromatic carbocycles. The summed E-state index contributed by atoms with van der Waals surface area (Å²) in [5.41, 5.74) is 6.52. The fourth-order valence-corrected chi connectivity index (χ4v) is 1.81. The van der Waals surface area contributed by atoms with Crippen LogP contribution in [0.5, 0.6) is 0 Å². The highest BCUT2D eigenvalue weighted by molar-refractivity contribution is 6.31. The van der Waals surface area contributed by atoms with Crippen LogP contribution in [-0.2, 0) is 0 Å². The van der Waals surface area contributed by atoms with Gasteiger partial charge in [0.25, 0.3) is 5.91 Å². The minimum Gasteiger partial charge on any atom is -0.397 e.